The third-order valence-corrected chi connectivity index (χ3v) is 6.26. The largest absolute Gasteiger partial charge is 0.493 e. The highest BCUT2D eigenvalue weighted by atomic mass is 16.5. The molecule has 3 aromatic rings. The van der Waals surface area contributed by atoms with Gasteiger partial charge in [0.2, 0.25) is 5.91 Å². The molecule has 0 aliphatic carbocycles. The molecule has 3 aromatic carbocycles. The Hall–Kier alpha value is -3.47. The number of amides is 1. The summed E-state index contributed by atoms with van der Waals surface area (Å²) < 4.78 is 17.3. The van der Waals surface area contributed by atoms with Gasteiger partial charge in [-0.15, -0.1) is 0 Å². The van der Waals surface area contributed by atoms with E-state index in [9.17, 15) is 4.79 Å². The van der Waals surface area contributed by atoms with Crippen molar-refractivity contribution in [2.24, 2.45) is 0 Å². The first kappa shape index (κ1) is 22.7. The van der Waals surface area contributed by atoms with Crippen LogP contribution in [0.5, 0.6) is 17.2 Å². The minimum atomic E-state index is -0.212. The molecule has 0 saturated carbocycles. The molecule has 0 N–H and O–H groups in total. The number of hydrogen-bond acceptors (Lipinski definition) is 4. The number of nitrogens with zero attached hydrogens (tertiary/aromatic N) is 1. The van der Waals surface area contributed by atoms with E-state index in [0.717, 1.165) is 35.3 Å². The van der Waals surface area contributed by atoms with E-state index in [-0.39, 0.29) is 11.9 Å². The van der Waals surface area contributed by atoms with E-state index in [1.807, 2.05) is 59.5 Å². The summed E-state index contributed by atoms with van der Waals surface area (Å²) >= 11 is 0. The highest BCUT2D eigenvalue weighted by Gasteiger charge is 2.32. The van der Waals surface area contributed by atoms with Gasteiger partial charge in [0.05, 0.1) is 26.7 Å². The molecule has 1 aliphatic heterocycles. The Morgan fingerprint density at radius 2 is 1.64 bits per heavy atom. The number of ether oxygens (including phenoxy) is 3. The van der Waals surface area contributed by atoms with Crippen LogP contribution in [0.15, 0.2) is 66.7 Å². The highest BCUT2D eigenvalue weighted by Crippen LogP contribution is 2.38. The van der Waals surface area contributed by atoms with E-state index in [2.05, 4.69) is 19.1 Å². The van der Waals surface area contributed by atoms with Crippen molar-refractivity contribution in [1.29, 1.82) is 0 Å². The molecule has 0 unspecified atom stereocenters. The molecule has 1 atom stereocenters. The lowest BCUT2D eigenvalue weighted by Gasteiger charge is -2.37. The Bertz CT molecular complexity index is 1080. The van der Waals surface area contributed by atoms with Crippen molar-refractivity contribution < 1.29 is 19.0 Å². The Morgan fingerprint density at radius 3 is 2.30 bits per heavy atom. The maximum Gasteiger partial charge on any atom is 0.227 e. The molecule has 1 aliphatic rings. The Morgan fingerprint density at radius 1 is 0.939 bits per heavy atom. The molecular formula is C28H31NO4. The summed E-state index contributed by atoms with van der Waals surface area (Å²) in [5.74, 6) is 2.26. The number of fused-ring (bicyclic) bond motifs is 1. The van der Waals surface area contributed by atoms with Crippen LogP contribution in [0.3, 0.4) is 0 Å². The van der Waals surface area contributed by atoms with Crippen LogP contribution in [0.4, 0.5) is 0 Å². The summed E-state index contributed by atoms with van der Waals surface area (Å²) in [5, 5.41) is 0. The number of hydrogen-bond donors (Lipinski definition) is 0. The minimum Gasteiger partial charge on any atom is -0.493 e. The molecule has 1 heterocycles. The van der Waals surface area contributed by atoms with Crippen molar-refractivity contribution in [3.8, 4) is 17.2 Å². The van der Waals surface area contributed by atoms with Gasteiger partial charge in [0, 0.05) is 6.54 Å². The first-order chi connectivity index (χ1) is 16.1. The SMILES string of the molecule is CCc1ccc(OC[C@@H]2c3cc(OC)c(OC)cc3CCN2C(=O)Cc2ccccc2)cc1. The standard InChI is InChI=1S/C28H31NO4/c1-4-20-10-12-23(13-11-20)33-19-25-24-18-27(32-3)26(31-2)17-22(24)14-15-29(25)28(30)16-21-8-6-5-7-9-21/h5-13,17-18,25H,4,14-16,19H2,1-3H3/t25-/m1/s1. The first-order valence-electron chi connectivity index (χ1n) is 11.4. The van der Waals surface area contributed by atoms with Gasteiger partial charge >= 0.3 is 0 Å². The molecule has 0 aromatic heterocycles. The van der Waals surface area contributed by atoms with Gasteiger partial charge in [0.1, 0.15) is 12.4 Å². The smallest absolute Gasteiger partial charge is 0.227 e. The zero-order valence-electron chi connectivity index (χ0n) is 19.5. The van der Waals surface area contributed by atoms with Crippen molar-refractivity contribution in [3.05, 3.63) is 89.0 Å². The van der Waals surface area contributed by atoms with E-state index >= 15 is 0 Å². The van der Waals surface area contributed by atoms with Gasteiger partial charge in [0.15, 0.2) is 11.5 Å². The lowest BCUT2D eigenvalue weighted by Crippen LogP contribution is -2.43. The van der Waals surface area contributed by atoms with Crippen LogP contribution in [0, 0.1) is 0 Å². The van der Waals surface area contributed by atoms with Gasteiger partial charge in [-0.2, -0.15) is 0 Å². The van der Waals surface area contributed by atoms with Crippen LogP contribution in [0.1, 0.15) is 35.2 Å². The Balaban J connectivity index is 1.63. The summed E-state index contributed by atoms with van der Waals surface area (Å²) in [7, 11) is 3.27. The monoisotopic (exact) mass is 445 g/mol. The third kappa shape index (κ3) is 5.14. The summed E-state index contributed by atoms with van der Waals surface area (Å²) in [6.45, 7) is 3.14. The fourth-order valence-corrected chi connectivity index (χ4v) is 4.37. The van der Waals surface area contributed by atoms with Crippen LogP contribution < -0.4 is 14.2 Å². The van der Waals surface area contributed by atoms with Crippen LogP contribution in [-0.2, 0) is 24.1 Å². The minimum absolute atomic E-state index is 0.0940. The molecule has 172 valence electrons. The van der Waals surface area contributed by atoms with Gasteiger partial charge in [-0.25, -0.2) is 0 Å². The predicted molar refractivity (Wildman–Crippen MR) is 129 cm³/mol. The fourth-order valence-electron chi connectivity index (χ4n) is 4.37. The number of methoxy groups -OCH3 is 2. The van der Waals surface area contributed by atoms with Crippen LogP contribution in [0.2, 0.25) is 0 Å². The molecule has 0 saturated heterocycles. The topological polar surface area (TPSA) is 48.0 Å². The highest BCUT2D eigenvalue weighted by molar-refractivity contribution is 5.79. The number of aryl methyl sites for hydroxylation is 1. The van der Waals surface area contributed by atoms with E-state index in [4.69, 9.17) is 14.2 Å². The summed E-state index contributed by atoms with van der Waals surface area (Å²) in [6, 6.07) is 21.8. The molecule has 4 rings (SSSR count). The Kier molecular flexibility index (Phi) is 7.18. The molecule has 0 fully saturated rings. The normalized spacial score (nSPS) is 15.0. The third-order valence-electron chi connectivity index (χ3n) is 6.26. The number of carbonyl (C=O) groups is 1. The second kappa shape index (κ2) is 10.4. The predicted octanol–water partition coefficient (Wildman–Crippen LogP) is 5.01. The van der Waals surface area contributed by atoms with Crippen molar-refractivity contribution in [2.75, 3.05) is 27.4 Å². The molecule has 0 radical (unpaired) electrons. The zero-order chi connectivity index (χ0) is 23.2. The van der Waals surface area contributed by atoms with Gasteiger partial charge in [-0.05, 0) is 59.4 Å². The molecule has 5 nitrogen and oxygen atoms in total. The number of carbonyl (C=O) groups excluding carboxylic acids is 1. The Labute approximate surface area is 195 Å². The second-order valence-electron chi connectivity index (χ2n) is 8.23. The fraction of sp³-hybridized carbons (Fsp3) is 0.321. The molecule has 33 heavy (non-hydrogen) atoms. The molecule has 0 bridgehead atoms. The van der Waals surface area contributed by atoms with E-state index in [0.29, 0.717) is 31.1 Å². The average molecular weight is 446 g/mol. The summed E-state index contributed by atoms with van der Waals surface area (Å²) in [4.78, 5) is 15.3. The molecular weight excluding hydrogens is 414 g/mol. The average Bonchev–Trinajstić information content (AvgIpc) is 2.87. The van der Waals surface area contributed by atoms with E-state index in [1.165, 1.54) is 5.56 Å². The van der Waals surface area contributed by atoms with E-state index in [1.54, 1.807) is 14.2 Å². The summed E-state index contributed by atoms with van der Waals surface area (Å²) in [5.41, 5.74) is 4.48. The van der Waals surface area contributed by atoms with Gasteiger partial charge < -0.3 is 19.1 Å². The molecule has 5 heteroatoms. The van der Waals surface area contributed by atoms with Crippen LogP contribution in [0.25, 0.3) is 0 Å². The lowest BCUT2D eigenvalue weighted by molar-refractivity contribution is -0.134. The second-order valence-corrected chi connectivity index (χ2v) is 8.23. The van der Waals surface area contributed by atoms with Gasteiger partial charge in [-0.3, -0.25) is 4.79 Å². The summed E-state index contributed by atoms with van der Waals surface area (Å²) in [6.07, 6.45) is 2.11. The number of rotatable bonds is 8. The van der Waals surface area contributed by atoms with Crippen molar-refractivity contribution in [1.82, 2.24) is 4.90 Å². The zero-order valence-corrected chi connectivity index (χ0v) is 19.5. The maximum absolute atomic E-state index is 13.4. The van der Waals surface area contributed by atoms with Crippen molar-refractivity contribution in [3.63, 3.8) is 0 Å². The lowest BCUT2D eigenvalue weighted by atomic mass is 9.91. The maximum atomic E-state index is 13.4. The quantitative estimate of drug-likeness (QED) is 0.489. The van der Waals surface area contributed by atoms with E-state index < -0.39 is 0 Å². The van der Waals surface area contributed by atoms with Gasteiger partial charge in [0.25, 0.3) is 0 Å². The van der Waals surface area contributed by atoms with Crippen molar-refractivity contribution >= 4 is 5.91 Å². The number of benzene rings is 3. The van der Waals surface area contributed by atoms with Crippen LogP contribution in [-0.4, -0.2) is 38.2 Å². The van der Waals surface area contributed by atoms with Crippen LogP contribution >= 0.6 is 0 Å². The molecule has 1 amide bonds. The first-order valence-corrected chi connectivity index (χ1v) is 11.4. The van der Waals surface area contributed by atoms with Gasteiger partial charge in [-0.1, -0.05) is 49.4 Å². The van der Waals surface area contributed by atoms with Crippen molar-refractivity contribution in [2.45, 2.75) is 32.2 Å². The molecule has 0 spiro atoms.